The van der Waals surface area contributed by atoms with E-state index in [4.69, 9.17) is 0 Å². The predicted octanol–water partition coefficient (Wildman–Crippen LogP) is 3.19. The van der Waals surface area contributed by atoms with E-state index in [1.165, 1.54) is 15.6 Å². The van der Waals surface area contributed by atoms with Gasteiger partial charge in [0.25, 0.3) is 0 Å². The van der Waals surface area contributed by atoms with Crippen molar-refractivity contribution in [3.05, 3.63) is 15.6 Å². The fraction of sp³-hybridized carbons (Fsp3) is 0.769. The van der Waals surface area contributed by atoms with Gasteiger partial charge in [0.2, 0.25) is 0 Å². The molecule has 0 saturated heterocycles. The van der Waals surface area contributed by atoms with Crippen molar-refractivity contribution in [2.45, 2.75) is 53.5 Å². The molecule has 1 rings (SSSR count). The lowest BCUT2D eigenvalue weighted by molar-refractivity contribution is 0.430. The fourth-order valence-electron chi connectivity index (χ4n) is 1.57. The molecule has 16 heavy (non-hydrogen) atoms. The maximum atomic E-state index is 4.65. The zero-order chi connectivity index (χ0) is 12.1. The van der Waals surface area contributed by atoms with Crippen molar-refractivity contribution < 1.29 is 0 Å². The Kier molecular flexibility index (Phi) is 5.42. The first-order valence-electron chi connectivity index (χ1n) is 6.23. The second kappa shape index (κ2) is 6.36. The number of rotatable bonds is 6. The molecule has 1 N–H and O–H groups in total. The van der Waals surface area contributed by atoms with Crippen LogP contribution in [0.25, 0.3) is 0 Å². The number of thiazole rings is 1. The average Bonchev–Trinajstić information content (AvgIpc) is 2.58. The van der Waals surface area contributed by atoms with Crippen molar-refractivity contribution >= 4 is 11.3 Å². The third kappa shape index (κ3) is 3.87. The van der Waals surface area contributed by atoms with Crippen LogP contribution in [-0.4, -0.2) is 17.6 Å². The van der Waals surface area contributed by atoms with E-state index in [-0.39, 0.29) is 0 Å². The largest absolute Gasteiger partial charge is 0.314 e. The lowest BCUT2D eigenvalue weighted by atomic mass is 10.1. The van der Waals surface area contributed by atoms with Crippen LogP contribution in [-0.2, 0) is 12.8 Å². The number of nitrogens with one attached hydrogen (secondary N) is 1. The Morgan fingerprint density at radius 3 is 2.50 bits per heavy atom. The molecule has 92 valence electrons. The van der Waals surface area contributed by atoms with Gasteiger partial charge in [-0.25, -0.2) is 4.98 Å². The third-order valence-electron chi connectivity index (χ3n) is 3.08. The maximum Gasteiger partial charge on any atom is 0.0943 e. The zero-order valence-electron chi connectivity index (χ0n) is 11.1. The summed E-state index contributed by atoms with van der Waals surface area (Å²) in [5, 5.41) is 4.82. The zero-order valence-corrected chi connectivity index (χ0v) is 11.9. The Bertz CT molecular complexity index is 318. The molecule has 0 aliphatic rings. The Morgan fingerprint density at radius 2 is 2.00 bits per heavy atom. The molecule has 1 aromatic heterocycles. The van der Waals surface area contributed by atoms with E-state index in [2.05, 4.69) is 44.9 Å². The van der Waals surface area contributed by atoms with Crippen LogP contribution >= 0.6 is 11.3 Å². The van der Waals surface area contributed by atoms with Gasteiger partial charge in [-0.05, 0) is 26.2 Å². The average molecular weight is 240 g/mol. The fourth-order valence-corrected chi connectivity index (χ4v) is 2.59. The minimum absolute atomic E-state index is 0.590. The lowest BCUT2D eigenvalue weighted by Gasteiger charge is -2.16. The van der Waals surface area contributed by atoms with Crippen LogP contribution in [0.1, 0.15) is 43.3 Å². The molecular formula is C13H24N2S. The van der Waals surface area contributed by atoms with Gasteiger partial charge in [-0.15, -0.1) is 11.3 Å². The molecule has 0 fully saturated rings. The molecule has 1 unspecified atom stereocenters. The van der Waals surface area contributed by atoms with Crippen LogP contribution < -0.4 is 5.32 Å². The van der Waals surface area contributed by atoms with Crippen LogP contribution in [0.3, 0.4) is 0 Å². The normalized spacial score (nSPS) is 13.4. The summed E-state index contributed by atoms with van der Waals surface area (Å²) < 4.78 is 0. The van der Waals surface area contributed by atoms with Crippen LogP contribution in [0.2, 0.25) is 0 Å². The van der Waals surface area contributed by atoms with Crippen LogP contribution in [0.5, 0.6) is 0 Å². The predicted molar refractivity (Wildman–Crippen MR) is 72.2 cm³/mol. The van der Waals surface area contributed by atoms with E-state index in [0.29, 0.717) is 12.0 Å². The van der Waals surface area contributed by atoms with E-state index < -0.39 is 0 Å². The standard InChI is InChI=1S/C13H24N2S/c1-6-12-11(5)16-13(15-12)7-8-14-10(4)9(2)3/h9-10,14H,6-8H2,1-5H3. The Morgan fingerprint density at radius 1 is 1.31 bits per heavy atom. The molecule has 1 atom stereocenters. The van der Waals surface area contributed by atoms with Gasteiger partial charge in [0.1, 0.15) is 0 Å². The molecule has 0 amide bonds. The van der Waals surface area contributed by atoms with E-state index >= 15 is 0 Å². The monoisotopic (exact) mass is 240 g/mol. The number of hydrogen-bond acceptors (Lipinski definition) is 3. The van der Waals surface area contributed by atoms with Crippen molar-refractivity contribution in [2.75, 3.05) is 6.54 Å². The summed E-state index contributed by atoms with van der Waals surface area (Å²) in [6.45, 7) is 12.1. The number of hydrogen-bond donors (Lipinski definition) is 1. The first kappa shape index (κ1) is 13.7. The second-order valence-corrected chi connectivity index (χ2v) is 5.99. The Balaban J connectivity index is 2.37. The number of nitrogens with zero attached hydrogens (tertiary/aromatic N) is 1. The summed E-state index contributed by atoms with van der Waals surface area (Å²) >= 11 is 1.85. The summed E-state index contributed by atoms with van der Waals surface area (Å²) in [6.07, 6.45) is 2.11. The van der Waals surface area contributed by atoms with Crippen molar-refractivity contribution in [2.24, 2.45) is 5.92 Å². The highest BCUT2D eigenvalue weighted by atomic mass is 32.1. The minimum atomic E-state index is 0.590. The highest BCUT2D eigenvalue weighted by molar-refractivity contribution is 7.11. The minimum Gasteiger partial charge on any atom is -0.314 e. The molecule has 0 radical (unpaired) electrons. The quantitative estimate of drug-likeness (QED) is 0.826. The molecule has 0 saturated carbocycles. The van der Waals surface area contributed by atoms with E-state index in [0.717, 1.165) is 19.4 Å². The molecule has 0 aliphatic carbocycles. The van der Waals surface area contributed by atoms with Crippen molar-refractivity contribution in [1.29, 1.82) is 0 Å². The summed E-state index contributed by atoms with van der Waals surface area (Å²) in [7, 11) is 0. The third-order valence-corrected chi connectivity index (χ3v) is 4.15. The van der Waals surface area contributed by atoms with Gasteiger partial charge >= 0.3 is 0 Å². The number of aromatic nitrogens is 1. The van der Waals surface area contributed by atoms with Gasteiger partial charge in [-0.2, -0.15) is 0 Å². The highest BCUT2D eigenvalue weighted by Gasteiger charge is 2.08. The lowest BCUT2D eigenvalue weighted by Crippen LogP contribution is -2.32. The summed E-state index contributed by atoms with van der Waals surface area (Å²) in [5.41, 5.74) is 1.27. The summed E-state index contributed by atoms with van der Waals surface area (Å²) in [5.74, 6) is 0.698. The molecule has 1 heterocycles. The molecule has 3 heteroatoms. The van der Waals surface area contributed by atoms with Crippen LogP contribution in [0, 0.1) is 12.8 Å². The van der Waals surface area contributed by atoms with Crippen molar-refractivity contribution in [3.8, 4) is 0 Å². The second-order valence-electron chi connectivity index (χ2n) is 4.70. The van der Waals surface area contributed by atoms with Gasteiger partial charge in [0.15, 0.2) is 0 Å². The van der Waals surface area contributed by atoms with E-state index in [1.807, 2.05) is 11.3 Å². The summed E-state index contributed by atoms with van der Waals surface area (Å²) in [4.78, 5) is 6.03. The van der Waals surface area contributed by atoms with E-state index in [1.54, 1.807) is 0 Å². The molecule has 0 spiro atoms. The topological polar surface area (TPSA) is 24.9 Å². The smallest absolute Gasteiger partial charge is 0.0943 e. The van der Waals surface area contributed by atoms with Gasteiger partial charge < -0.3 is 5.32 Å². The molecule has 0 bridgehead atoms. The molecule has 0 aromatic carbocycles. The Labute approximate surface area is 103 Å². The first-order chi connectivity index (χ1) is 7.54. The van der Waals surface area contributed by atoms with Gasteiger partial charge in [-0.3, -0.25) is 0 Å². The Hall–Kier alpha value is -0.410. The van der Waals surface area contributed by atoms with Crippen LogP contribution in [0.4, 0.5) is 0 Å². The van der Waals surface area contributed by atoms with E-state index in [9.17, 15) is 0 Å². The first-order valence-corrected chi connectivity index (χ1v) is 7.04. The SMILES string of the molecule is CCc1nc(CCNC(C)C(C)C)sc1C. The summed E-state index contributed by atoms with van der Waals surface area (Å²) in [6, 6.07) is 0.590. The maximum absolute atomic E-state index is 4.65. The van der Waals surface area contributed by atoms with Crippen molar-refractivity contribution in [1.82, 2.24) is 10.3 Å². The van der Waals surface area contributed by atoms with Crippen molar-refractivity contribution in [3.63, 3.8) is 0 Å². The molecular weight excluding hydrogens is 216 g/mol. The number of aryl methyl sites for hydroxylation is 2. The van der Waals surface area contributed by atoms with Gasteiger partial charge in [-0.1, -0.05) is 20.8 Å². The molecule has 1 aromatic rings. The molecule has 2 nitrogen and oxygen atoms in total. The molecule has 0 aliphatic heterocycles. The van der Waals surface area contributed by atoms with Gasteiger partial charge in [0.05, 0.1) is 10.7 Å². The van der Waals surface area contributed by atoms with Gasteiger partial charge in [0, 0.05) is 23.9 Å². The highest BCUT2D eigenvalue weighted by Crippen LogP contribution is 2.18. The van der Waals surface area contributed by atoms with Crippen LogP contribution in [0.15, 0.2) is 0 Å².